The Hall–Kier alpha value is -3.76. The predicted molar refractivity (Wildman–Crippen MR) is 161 cm³/mol. The van der Waals surface area contributed by atoms with Crippen LogP contribution in [0.25, 0.3) is 0 Å². The Labute approximate surface area is 247 Å². The second-order valence-corrected chi connectivity index (χ2v) is 11.8. The van der Waals surface area contributed by atoms with Crippen molar-refractivity contribution in [3.05, 3.63) is 107 Å². The van der Waals surface area contributed by atoms with E-state index in [9.17, 15) is 22.2 Å². The second-order valence-electron chi connectivity index (χ2n) is 10.5. The van der Waals surface area contributed by atoms with Crippen LogP contribution in [0.5, 0.6) is 0 Å². The van der Waals surface area contributed by atoms with Gasteiger partial charge in [-0.1, -0.05) is 19.1 Å². The highest BCUT2D eigenvalue weighted by Crippen LogP contribution is 2.34. The Morgan fingerprint density at radius 1 is 1.07 bits per heavy atom. The zero-order chi connectivity index (χ0) is 30.2. The lowest BCUT2D eigenvalue weighted by atomic mass is 9.87. The summed E-state index contributed by atoms with van der Waals surface area (Å²) in [5.74, 6) is -2.49. The highest BCUT2D eigenvalue weighted by molar-refractivity contribution is 7.83. The van der Waals surface area contributed by atoms with E-state index in [-0.39, 0.29) is 30.5 Å². The Kier molecular flexibility index (Phi) is 10.7. The molecule has 0 aromatic heterocycles. The molecule has 4 rings (SSSR count). The molecule has 0 saturated carbocycles. The van der Waals surface area contributed by atoms with Gasteiger partial charge in [-0.05, 0) is 84.3 Å². The molecule has 1 aliphatic rings. The van der Waals surface area contributed by atoms with Gasteiger partial charge in [-0.25, -0.2) is 22.1 Å². The largest absolute Gasteiger partial charge is 0.382 e. The number of nitrogens with zero attached hydrogens (tertiary/aromatic N) is 3. The molecule has 1 N–H and O–H groups in total. The van der Waals surface area contributed by atoms with Crippen molar-refractivity contribution in [2.45, 2.75) is 49.5 Å². The van der Waals surface area contributed by atoms with Gasteiger partial charge < -0.3 is 9.80 Å². The predicted octanol–water partition coefficient (Wildman–Crippen LogP) is 6.42. The summed E-state index contributed by atoms with van der Waals surface area (Å²) < 4.78 is 57.5. The van der Waals surface area contributed by atoms with E-state index in [1.54, 1.807) is 30.4 Å². The number of fused-ring (bicyclic) bond motifs is 1. The van der Waals surface area contributed by atoms with Crippen molar-refractivity contribution in [1.82, 2.24) is 9.62 Å². The molecule has 42 heavy (non-hydrogen) atoms. The summed E-state index contributed by atoms with van der Waals surface area (Å²) in [6, 6.07) is 14.5. The zero-order valence-corrected chi connectivity index (χ0v) is 24.7. The molecule has 3 aromatic carbocycles. The lowest BCUT2D eigenvalue weighted by Gasteiger charge is -2.29. The number of carbonyl (C=O) groups excluding carboxylic acids is 1. The maximum Gasteiger partial charge on any atom is 0.227 e. The van der Waals surface area contributed by atoms with E-state index < -0.39 is 34.4 Å². The fourth-order valence-corrected chi connectivity index (χ4v) is 5.95. The monoisotopic (exact) mass is 596 g/mol. The van der Waals surface area contributed by atoms with Crippen molar-refractivity contribution in [2.24, 2.45) is 4.99 Å². The lowest BCUT2D eigenvalue weighted by molar-refractivity contribution is -0.118. The summed E-state index contributed by atoms with van der Waals surface area (Å²) in [6.45, 7) is 1.91. The Balaban J connectivity index is 1.60. The second kappa shape index (κ2) is 14.4. The smallest absolute Gasteiger partial charge is 0.227 e. The Morgan fingerprint density at radius 3 is 2.52 bits per heavy atom. The number of hydrogen-bond acceptors (Lipinski definition) is 4. The third-order valence-electron chi connectivity index (χ3n) is 7.13. The van der Waals surface area contributed by atoms with Gasteiger partial charge in [0.15, 0.2) is 0 Å². The van der Waals surface area contributed by atoms with Crippen LogP contribution in [0.1, 0.15) is 54.8 Å². The number of benzene rings is 3. The highest BCUT2D eigenvalue weighted by Gasteiger charge is 2.26. The van der Waals surface area contributed by atoms with Crippen molar-refractivity contribution in [2.75, 3.05) is 25.5 Å². The summed E-state index contributed by atoms with van der Waals surface area (Å²) >= 11 is 0. The van der Waals surface area contributed by atoms with Gasteiger partial charge in [0.2, 0.25) is 5.91 Å². The molecule has 0 radical (unpaired) electrons. The maximum absolute atomic E-state index is 14.5. The Morgan fingerprint density at radius 2 is 1.81 bits per heavy atom. The van der Waals surface area contributed by atoms with E-state index in [0.29, 0.717) is 10.6 Å². The molecule has 6 nitrogen and oxygen atoms in total. The van der Waals surface area contributed by atoms with Crippen molar-refractivity contribution in [1.29, 1.82) is 0 Å². The molecule has 0 spiro atoms. The van der Waals surface area contributed by atoms with Crippen molar-refractivity contribution >= 4 is 28.8 Å². The fraction of sp³-hybridized carbons (Fsp3) is 0.312. The van der Waals surface area contributed by atoms with Crippen LogP contribution in [0.3, 0.4) is 0 Å². The molecular weight excluding hydrogens is 561 g/mol. The molecule has 1 aliphatic carbocycles. The number of amides is 1. The molecule has 10 heteroatoms. The van der Waals surface area contributed by atoms with Crippen molar-refractivity contribution in [3.63, 3.8) is 0 Å². The first kappa shape index (κ1) is 31.2. The summed E-state index contributed by atoms with van der Waals surface area (Å²) in [6.07, 6.45) is 7.52. The number of anilines is 1. The highest BCUT2D eigenvalue weighted by atomic mass is 32.2. The molecule has 222 valence electrons. The molecule has 3 aromatic rings. The van der Waals surface area contributed by atoms with Gasteiger partial charge in [0.1, 0.15) is 28.4 Å². The third kappa shape index (κ3) is 8.17. The van der Waals surface area contributed by atoms with Gasteiger partial charge in [-0.2, -0.15) is 0 Å². The standard InChI is InChI=1S/C32H35F3N4O2S/c1-22(28-14-10-25(34)20-30(28)35)19-32(40)39(18-16-36-15-17-38(2)3)26-11-7-23-5-4-6-31(29(23)21-26)37-42(41)27-12-8-24(33)9-13-27/h7-17,20-22,31,37H,4-6,18-19H2,1-3H3/b17-15-,36-16?/t22-,31+,42?/m0/s1. The number of hydrogen-bond donors (Lipinski definition) is 1. The molecule has 0 bridgehead atoms. The van der Waals surface area contributed by atoms with Crippen LogP contribution in [0.4, 0.5) is 18.9 Å². The van der Waals surface area contributed by atoms with Gasteiger partial charge >= 0.3 is 0 Å². The quantitative estimate of drug-likeness (QED) is 0.260. The van der Waals surface area contributed by atoms with E-state index >= 15 is 0 Å². The summed E-state index contributed by atoms with van der Waals surface area (Å²) in [5, 5.41) is 0. The topological polar surface area (TPSA) is 65.0 Å². The number of nitrogens with one attached hydrogen (secondary N) is 1. The average molecular weight is 597 g/mol. The molecule has 1 amide bonds. The van der Waals surface area contributed by atoms with Gasteiger partial charge in [0.25, 0.3) is 0 Å². The van der Waals surface area contributed by atoms with Gasteiger partial charge in [-0.3, -0.25) is 9.79 Å². The first-order chi connectivity index (χ1) is 20.1. The lowest BCUT2D eigenvalue weighted by Crippen LogP contribution is -2.34. The Bertz CT molecular complexity index is 1480. The molecule has 1 unspecified atom stereocenters. The molecule has 0 fully saturated rings. The van der Waals surface area contributed by atoms with Crippen LogP contribution in [0, 0.1) is 17.5 Å². The van der Waals surface area contributed by atoms with Crippen LogP contribution >= 0.6 is 0 Å². The summed E-state index contributed by atoms with van der Waals surface area (Å²) in [5.41, 5.74) is 2.93. The van der Waals surface area contributed by atoms with Crippen LogP contribution < -0.4 is 9.62 Å². The maximum atomic E-state index is 14.5. The zero-order valence-electron chi connectivity index (χ0n) is 23.9. The van der Waals surface area contributed by atoms with Crippen molar-refractivity contribution in [3.8, 4) is 0 Å². The first-order valence-electron chi connectivity index (χ1n) is 13.8. The van der Waals surface area contributed by atoms with E-state index in [0.717, 1.165) is 36.5 Å². The molecule has 0 heterocycles. The van der Waals surface area contributed by atoms with Crippen molar-refractivity contribution < 1.29 is 22.2 Å². The minimum atomic E-state index is -1.56. The minimum Gasteiger partial charge on any atom is -0.382 e. The van der Waals surface area contributed by atoms with Crippen LogP contribution in [0.15, 0.2) is 83.0 Å². The van der Waals surface area contributed by atoms with Crippen LogP contribution in [0.2, 0.25) is 0 Å². The van der Waals surface area contributed by atoms with Gasteiger partial charge in [-0.15, -0.1) is 0 Å². The fourth-order valence-electron chi connectivity index (χ4n) is 4.93. The number of aryl methyl sites for hydroxylation is 1. The molecule has 3 atom stereocenters. The van der Waals surface area contributed by atoms with Crippen LogP contribution in [-0.2, 0) is 22.2 Å². The minimum absolute atomic E-state index is 0.00270. The van der Waals surface area contributed by atoms with Crippen LogP contribution in [-0.4, -0.2) is 41.9 Å². The number of carbonyl (C=O) groups is 1. The normalized spacial score (nSPS) is 16.4. The number of aliphatic imine (C=N–C) groups is 1. The molecule has 0 saturated heterocycles. The van der Waals surface area contributed by atoms with E-state index in [1.165, 1.54) is 36.4 Å². The summed E-state index contributed by atoms with van der Waals surface area (Å²) in [4.78, 5) is 21.8. The van der Waals surface area contributed by atoms with E-state index in [2.05, 4.69) is 9.71 Å². The third-order valence-corrected chi connectivity index (χ3v) is 8.33. The first-order valence-corrected chi connectivity index (χ1v) is 14.9. The number of halogens is 3. The van der Waals surface area contributed by atoms with Gasteiger partial charge in [0.05, 0.1) is 11.4 Å². The van der Waals surface area contributed by atoms with E-state index in [4.69, 9.17) is 0 Å². The molecule has 0 aliphatic heterocycles. The average Bonchev–Trinajstić information content (AvgIpc) is 2.95. The number of rotatable bonds is 11. The van der Waals surface area contributed by atoms with Gasteiger partial charge in [0, 0.05) is 56.9 Å². The van der Waals surface area contributed by atoms with E-state index in [1.807, 2.05) is 37.2 Å². The summed E-state index contributed by atoms with van der Waals surface area (Å²) in [7, 11) is 2.19. The SMILES string of the molecule is C[C@@H](CC(=O)N(CC=N/C=C\N(C)C)c1ccc2c(c1)[C@H](NS(=O)c1ccc(F)cc1)CCC2)c1ccc(F)cc1F. The molecular formula is C32H35F3N4O2S.